The second-order valence-electron chi connectivity index (χ2n) is 7.17. The number of hydrogen-bond donors (Lipinski definition) is 4. The number of H-pyrrole nitrogens is 1. The van der Waals surface area contributed by atoms with Crippen LogP contribution in [0.4, 0.5) is 5.82 Å². The average Bonchev–Trinajstić information content (AvgIpc) is 3.48. The number of ether oxygens (including phenoxy) is 3. The van der Waals surface area contributed by atoms with Crippen LogP contribution >= 0.6 is 11.6 Å². The highest BCUT2D eigenvalue weighted by Gasteiger charge is 2.48. The lowest BCUT2D eigenvalue weighted by molar-refractivity contribution is 0.00706. The number of aromatic amines is 1. The minimum atomic E-state index is -0.637. The van der Waals surface area contributed by atoms with Crippen LogP contribution in [0.15, 0.2) is 18.3 Å². The highest BCUT2D eigenvalue weighted by molar-refractivity contribution is 6.33. The van der Waals surface area contributed by atoms with Gasteiger partial charge in [0, 0.05) is 6.20 Å². The van der Waals surface area contributed by atoms with Gasteiger partial charge >= 0.3 is 0 Å². The topological polar surface area (TPSA) is 140 Å². The van der Waals surface area contributed by atoms with Gasteiger partial charge in [-0.1, -0.05) is 11.6 Å². The Kier molecular flexibility index (Phi) is 5.21. The van der Waals surface area contributed by atoms with Crippen LogP contribution in [0.2, 0.25) is 5.02 Å². The van der Waals surface area contributed by atoms with Gasteiger partial charge in [0.1, 0.15) is 24.1 Å². The number of rotatable bonds is 7. The smallest absolute Gasteiger partial charge is 0.296 e. The van der Waals surface area contributed by atoms with Gasteiger partial charge in [-0.2, -0.15) is 10.1 Å². The molecule has 0 radical (unpaired) electrons. The first-order valence-electron chi connectivity index (χ1n) is 9.62. The number of aliphatic hydroxyl groups excluding tert-OH is 2. The molecule has 3 aromatic rings. The Hall–Kier alpha value is -2.44. The van der Waals surface area contributed by atoms with Crippen LogP contribution < -0.4 is 10.1 Å². The molecule has 5 rings (SSSR count). The number of aromatic nitrogens is 5. The summed E-state index contributed by atoms with van der Waals surface area (Å²) in [6.45, 7) is 1.41. The van der Waals surface area contributed by atoms with Crippen molar-refractivity contribution in [1.29, 1.82) is 0 Å². The average molecular weight is 437 g/mol. The van der Waals surface area contributed by atoms with Crippen LogP contribution in [-0.2, 0) is 22.6 Å². The molecule has 12 heteroatoms. The molecule has 2 saturated heterocycles. The first kappa shape index (κ1) is 19.5. The number of anilines is 1. The molecule has 0 aliphatic carbocycles. The predicted molar refractivity (Wildman–Crippen MR) is 105 cm³/mol. The summed E-state index contributed by atoms with van der Waals surface area (Å²) >= 11 is 6.37. The second kappa shape index (κ2) is 8.00. The van der Waals surface area contributed by atoms with E-state index in [1.807, 2.05) is 6.07 Å². The van der Waals surface area contributed by atoms with Crippen molar-refractivity contribution in [2.24, 2.45) is 0 Å². The molecule has 0 amide bonds. The number of aliphatic hydroxyl groups is 2. The molecule has 4 atom stereocenters. The third kappa shape index (κ3) is 3.59. The first-order chi connectivity index (χ1) is 14.6. The minimum Gasteiger partial charge on any atom is -0.456 e. The fraction of sp³-hybridized carbons (Fsp3) is 0.500. The van der Waals surface area contributed by atoms with E-state index in [1.54, 1.807) is 16.9 Å². The summed E-state index contributed by atoms with van der Waals surface area (Å²) in [5.74, 6) is 0.477. The zero-order chi connectivity index (χ0) is 20.7. The Balaban J connectivity index is 1.30. The van der Waals surface area contributed by atoms with E-state index in [0.29, 0.717) is 41.7 Å². The number of pyridine rings is 1. The summed E-state index contributed by atoms with van der Waals surface area (Å²) in [5, 5.41) is 26.7. The molecule has 3 aromatic heterocycles. The standard InChI is InChI=1S/C18H21ClN6O5/c19-10-5-11-17(23-16(10)20-6-9-1-2-21-25(9)3-4-26)24-18(22-11)30-13-8-29-14-12(27)7-28-15(13)14/h1-2,5,12-15,26-27H,3-4,6-8H2,(H2,20,22,23,24)/t12-,13-,14-,15-/m1/s1. The summed E-state index contributed by atoms with van der Waals surface area (Å²) in [4.78, 5) is 11.9. The van der Waals surface area contributed by atoms with Crippen molar-refractivity contribution >= 4 is 28.6 Å². The zero-order valence-corrected chi connectivity index (χ0v) is 16.6. The van der Waals surface area contributed by atoms with Gasteiger partial charge in [-0.05, 0) is 12.1 Å². The van der Waals surface area contributed by atoms with Gasteiger partial charge in [0.15, 0.2) is 11.8 Å². The van der Waals surface area contributed by atoms with Crippen LogP contribution in [0.5, 0.6) is 6.01 Å². The molecule has 11 nitrogen and oxygen atoms in total. The van der Waals surface area contributed by atoms with E-state index in [9.17, 15) is 5.11 Å². The number of halogens is 1. The van der Waals surface area contributed by atoms with Crippen molar-refractivity contribution in [2.45, 2.75) is 37.5 Å². The number of imidazole rings is 1. The molecule has 0 spiro atoms. The molecular weight excluding hydrogens is 416 g/mol. The number of fused-ring (bicyclic) bond motifs is 2. The van der Waals surface area contributed by atoms with Gasteiger partial charge in [0.25, 0.3) is 6.01 Å². The maximum atomic E-state index is 9.85. The first-order valence-corrected chi connectivity index (χ1v) is 10.00. The Morgan fingerprint density at radius 3 is 3.03 bits per heavy atom. The van der Waals surface area contributed by atoms with Crippen molar-refractivity contribution in [1.82, 2.24) is 24.7 Å². The molecule has 2 aliphatic rings. The van der Waals surface area contributed by atoms with Gasteiger partial charge in [-0.15, -0.1) is 0 Å². The Morgan fingerprint density at radius 1 is 1.30 bits per heavy atom. The number of nitrogens with one attached hydrogen (secondary N) is 2. The van der Waals surface area contributed by atoms with Crippen LogP contribution in [0, 0.1) is 0 Å². The van der Waals surface area contributed by atoms with Crippen LogP contribution in [0.1, 0.15) is 5.69 Å². The largest absolute Gasteiger partial charge is 0.456 e. The van der Waals surface area contributed by atoms with Crippen molar-refractivity contribution in [3.63, 3.8) is 0 Å². The molecule has 0 aromatic carbocycles. The Labute approximate surface area is 175 Å². The van der Waals surface area contributed by atoms with E-state index < -0.39 is 6.10 Å². The van der Waals surface area contributed by atoms with Crippen molar-refractivity contribution in [3.8, 4) is 6.01 Å². The molecule has 4 N–H and O–H groups in total. The second-order valence-corrected chi connectivity index (χ2v) is 7.58. The van der Waals surface area contributed by atoms with Gasteiger partial charge < -0.3 is 34.7 Å². The van der Waals surface area contributed by atoms with E-state index in [0.717, 1.165) is 5.69 Å². The Morgan fingerprint density at radius 2 is 2.17 bits per heavy atom. The zero-order valence-electron chi connectivity index (χ0n) is 15.9. The lowest BCUT2D eigenvalue weighted by Gasteiger charge is -2.15. The quantitative estimate of drug-likeness (QED) is 0.412. The van der Waals surface area contributed by atoms with E-state index >= 15 is 0 Å². The molecule has 30 heavy (non-hydrogen) atoms. The molecule has 0 unspecified atom stereocenters. The van der Waals surface area contributed by atoms with Crippen molar-refractivity contribution in [3.05, 3.63) is 29.0 Å². The summed E-state index contributed by atoms with van der Waals surface area (Å²) in [6, 6.07) is 3.86. The SMILES string of the molecule is OCCn1nccc1CNc1nc2nc(O[C@@H]3CO[C@H]4[C@@H]3OC[C@H]4O)[nH]c2cc1Cl. The normalized spacial score (nSPS) is 25.7. The predicted octanol–water partition coefficient (Wildman–Crippen LogP) is 0.318. The molecule has 0 saturated carbocycles. The van der Waals surface area contributed by atoms with E-state index in [-0.39, 0.29) is 37.5 Å². The minimum absolute atomic E-state index is 0.00727. The van der Waals surface area contributed by atoms with Crippen molar-refractivity contribution in [2.75, 3.05) is 25.1 Å². The maximum absolute atomic E-state index is 9.85. The summed E-state index contributed by atoms with van der Waals surface area (Å²) in [5.41, 5.74) is 1.97. The van der Waals surface area contributed by atoms with E-state index in [2.05, 4.69) is 25.4 Å². The fourth-order valence-corrected chi connectivity index (χ4v) is 3.96. The summed E-state index contributed by atoms with van der Waals surface area (Å²) < 4.78 is 18.7. The van der Waals surface area contributed by atoms with Crippen LogP contribution in [-0.4, -0.2) is 79.2 Å². The highest BCUT2D eigenvalue weighted by Crippen LogP contribution is 2.30. The van der Waals surface area contributed by atoms with Crippen molar-refractivity contribution < 1.29 is 24.4 Å². The lowest BCUT2D eigenvalue weighted by atomic mass is 10.1. The van der Waals surface area contributed by atoms with Gasteiger partial charge in [0.05, 0.1) is 49.1 Å². The highest BCUT2D eigenvalue weighted by atomic mass is 35.5. The third-order valence-electron chi connectivity index (χ3n) is 5.20. The van der Waals surface area contributed by atoms with E-state index in [4.69, 9.17) is 30.9 Å². The van der Waals surface area contributed by atoms with Crippen LogP contribution in [0.3, 0.4) is 0 Å². The molecule has 2 aliphatic heterocycles. The number of hydrogen-bond acceptors (Lipinski definition) is 9. The monoisotopic (exact) mass is 436 g/mol. The summed E-state index contributed by atoms with van der Waals surface area (Å²) in [6.07, 6.45) is -0.0329. The lowest BCUT2D eigenvalue weighted by Crippen LogP contribution is -2.34. The fourth-order valence-electron chi connectivity index (χ4n) is 3.74. The van der Waals surface area contributed by atoms with Crippen LogP contribution in [0.25, 0.3) is 11.2 Å². The van der Waals surface area contributed by atoms with Gasteiger partial charge in [-0.25, -0.2) is 4.98 Å². The third-order valence-corrected chi connectivity index (χ3v) is 5.49. The summed E-state index contributed by atoms with van der Waals surface area (Å²) in [7, 11) is 0. The van der Waals surface area contributed by atoms with E-state index in [1.165, 1.54) is 0 Å². The molecule has 5 heterocycles. The Bertz CT molecular complexity index is 1040. The maximum Gasteiger partial charge on any atom is 0.296 e. The molecular formula is C18H21ClN6O5. The molecule has 160 valence electrons. The van der Waals surface area contributed by atoms with Gasteiger partial charge in [0.2, 0.25) is 0 Å². The molecule has 2 fully saturated rings. The number of nitrogens with zero attached hydrogens (tertiary/aromatic N) is 4. The van der Waals surface area contributed by atoms with Gasteiger partial charge in [-0.3, -0.25) is 4.68 Å². The molecule has 0 bridgehead atoms.